The first kappa shape index (κ1) is 53.1. The number of phenolic OH excluding ortho intramolecular Hbond substituents is 4. The first-order valence-electron chi connectivity index (χ1n) is 22.8. The van der Waals surface area contributed by atoms with Gasteiger partial charge in [-0.1, -0.05) is 84.9 Å². The lowest BCUT2D eigenvalue weighted by Crippen LogP contribution is -2.29. The highest BCUT2D eigenvalue weighted by Crippen LogP contribution is 2.40. The SMILES string of the molecule is CC1(C)Oc2ccc(CCN)cc2O1.CC1(C)Oc2ccc(CCNC(=O)OCc3ccccc3)cc2O1.NCCc1ccc(O)c(O)c1.O=C(NCCc1ccc(O)c(O)c1)OCc1ccccc1. The Labute approximate surface area is 408 Å². The molecule has 16 nitrogen and oxygen atoms in total. The molecule has 8 rings (SSSR count). The van der Waals surface area contributed by atoms with Gasteiger partial charge in [0.25, 0.3) is 0 Å². The van der Waals surface area contributed by atoms with Gasteiger partial charge in [-0.3, -0.25) is 0 Å². The molecule has 0 radical (unpaired) electrons. The number of alkyl carbamates (subject to hydrolysis) is 2. The number of phenols is 4. The summed E-state index contributed by atoms with van der Waals surface area (Å²) in [6, 6.07) is 40.1. The van der Waals surface area contributed by atoms with Gasteiger partial charge in [0.15, 0.2) is 46.0 Å². The largest absolute Gasteiger partial charge is 0.504 e. The quantitative estimate of drug-likeness (QED) is 0.0477. The van der Waals surface area contributed by atoms with Crippen molar-refractivity contribution in [2.24, 2.45) is 11.5 Å². The van der Waals surface area contributed by atoms with E-state index in [1.165, 1.54) is 29.8 Å². The predicted molar refractivity (Wildman–Crippen MR) is 265 cm³/mol. The molecule has 2 amide bonds. The van der Waals surface area contributed by atoms with Gasteiger partial charge in [0, 0.05) is 40.8 Å². The number of carbonyl (C=O) groups is 2. The van der Waals surface area contributed by atoms with Crippen LogP contribution in [0.15, 0.2) is 133 Å². The van der Waals surface area contributed by atoms with Crippen molar-refractivity contribution in [1.82, 2.24) is 10.6 Å². The molecule has 6 aromatic carbocycles. The Morgan fingerprint density at radius 2 is 0.786 bits per heavy atom. The fourth-order valence-corrected chi connectivity index (χ4v) is 6.79. The van der Waals surface area contributed by atoms with Crippen molar-refractivity contribution in [3.05, 3.63) is 167 Å². The van der Waals surface area contributed by atoms with Gasteiger partial charge < -0.3 is 70.9 Å². The maximum atomic E-state index is 11.7. The summed E-state index contributed by atoms with van der Waals surface area (Å²) in [5.74, 6) is 1.46. The van der Waals surface area contributed by atoms with Crippen molar-refractivity contribution >= 4 is 12.2 Å². The number of nitrogens with two attached hydrogens (primary N) is 2. The van der Waals surface area contributed by atoms with Crippen LogP contribution in [0.4, 0.5) is 9.59 Å². The molecule has 0 bridgehead atoms. The molecule has 2 aliphatic rings. The average Bonchev–Trinajstić information content (AvgIpc) is 3.83. The summed E-state index contributed by atoms with van der Waals surface area (Å²) in [6.45, 7) is 10.1. The molecule has 0 unspecified atom stereocenters. The standard InChI is InChI=1S/C19H21NO4.C16H17NO4.C11H15NO2.C8H11NO2/c1-19(2)23-16-9-8-14(12-17(16)24-19)10-11-20-18(21)22-13-15-6-4-3-5-7-15;18-14-7-6-12(10-15(14)19)8-9-17-16(20)21-11-13-4-2-1-3-5-13;1-11(2)13-9-4-3-8(5-6-12)7-10(9)14-11;9-4-3-6-1-2-7(10)8(11)5-6/h3-9,12H,10-11,13H2,1-2H3,(H,20,21);1-7,10,18-19H,8-9,11H2,(H,17,20);3-4,7H,5-6,12H2,1-2H3;1-2,5,10-11H,3-4,9H2. The number of carbonyl (C=O) groups excluding carboxylic acids is 2. The predicted octanol–water partition coefficient (Wildman–Crippen LogP) is 8.52. The third-order valence-electron chi connectivity index (χ3n) is 10.2. The zero-order chi connectivity index (χ0) is 50.5. The molecule has 0 aliphatic carbocycles. The van der Waals surface area contributed by atoms with Gasteiger partial charge in [-0.05, 0) is 121 Å². The molecule has 6 aromatic rings. The van der Waals surface area contributed by atoms with E-state index in [4.69, 9.17) is 50.1 Å². The smallest absolute Gasteiger partial charge is 0.407 e. The molecule has 0 spiro atoms. The molecular weight excluding hydrogens is 897 g/mol. The minimum atomic E-state index is -0.625. The van der Waals surface area contributed by atoms with E-state index in [1.54, 1.807) is 12.1 Å². The Bertz CT molecular complexity index is 2590. The minimum Gasteiger partial charge on any atom is -0.504 e. The number of ether oxygens (including phenoxy) is 6. The molecule has 372 valence electrons. The Kier molecular flexibility index (Phi) is 19.8. The van der Waals surface area contributed by atoms with Gasteiger partial charge in [0.2, 0.25) is 11.6 Å². The maximum Gasteiger partial charge on any atom is 0.407 e. The number of fused-ring (bicyclic) bond motifs is 2. The van der Waals surface area contributed by atoms with Crippen LogP contribution < -0.4 is 41.0 Å². The van der Waals surface area contributed by atoms with E-state index >= 15 is 0 Å². The normalized spacial score (nSPS) is 12.9. The summed E-state index contributed by atoms with van der Waals surface area (Å²) in [4.78, 5) is 23.2. The topological polar surface area (TPSA) is 247 Å². The molecular formula is C54H64N4O12. The molecule has 10 N–H and O–H groups in total. The number of hydrogen-bond donors (Lipinski definition) is 8. The molecule has 0 aromatic heterocycles. The van der Waals surface area contributed by atoms with Crippen molar-refractivity contribution in [3.63, 3.8) is 0 Å². The fourth-order valence-electron chi connectivity index (χ4n) is 6.79. The third kappa shape index (κ3) is 18.0. The molecule has 16 heteroatoms. The summed E-state index contributed by atoms with van der Waals surface area (Å²) >= 11 is 0. The first-order valence-corrected chi connectivity index (χ1v) is 22.8. The van der Waals surface area contributed by atoms with Crippen molar-refractivity contribution in [2.75, 3.05) is 26.2 Å². The van der Waals surface area contributed by atoms with Crippen LogP contribution in [0.1, 0.15) is 61.1 Å². The average molecular weight is 961 g/mol. The maximum absolute atomic E-state index is 11.7. The van der Waals surface area contributed by atoms with E-state index < -0.39 is 23.8 Å². The molecule has 2 heterocycles. The number of hydrogen-bond acceptors (Lipinski definition) is 14. The lowest BCUT2D eigenvalue weighted by molar-refractivity contribution is -0.0437. The molecule has 2 aliphatic heterocycles. The van der Waals surface area contributed by atoms with Crippen LogP contribution in [0.2, 0.25) is 0 Å². The summed E-state index contributed by atoms with van der Waals surface area (Å²) < 4.78 is 32.8. The van der Waals surface area contributed by atoms with Gasteiger partial charge in [-0.25, -0.2) is 9.59 Å². The second-order valence-corrected chi connectivity index (χ2v) is 17.0. The van der Waals surface area contributed by atoms with Crippen LogP contribution in [0.25, 0.3) is 0 Å². The summed E-state index contributed by atoms with van der Waals surface area (Å²) in [6.07, 6.45) is 1.92. The minimum absolute atomic E-state index is 0.0871. The summed E-state index contributed by atoms with van der Waals surface area (Å²) in [5.41, 5.74) is 16.7. The van der Waals surface area contributed by atoms with Gasteiger partial charge in [0.05, 0.1) is 0 Å². The molecule has 0 saturated carbocycles. The Hall–Kier alpha value is -7.82. The van der Waals surface area contributed by atoms with Crippen molar-refractivity contribution in [1.29, 1.82) is 0 Å². The van der Waals surface area contributed by atoms with E-state index in [0.29, 0.717) is 45.4 Å². The monoisotopic (exact) mass is 960 g/mol. The number of aromatic hydroxyl groups is 4. The number of rotatable bonds is 14. The molecule has 0 saturated heterocycles. The number of benzene rings is 6. The summed E-state index contributed by atoms with van der Waals surface area (Å²) in [5, 5.41) is 41.9. The lowest BCUT2D eigenvalue weighted by atomic mass is 10.1. The highest BCUT2D eigenvalue weighted by atomic mass is 16.7. The van der Waals surface area contributed by atoms with Crippen molar-refractivity contribution in [3.8, 4) is 46.0 Å². The molecule has 0 fully saturated rings. The van der Waals surface area contributed by atoms with E-state index in [0.717, 1.165) is 57.2 Å². The number of amides is 2. The van der Waals surface area contributed by atoms with Crippen LogP contribution in [0.5, 0.6) is 46.0 Å². The Morgan fingerprint density at radius 3 is 1.17 bits per heavy atom. The summed E-state index contributed by atoms with van der Waals surface area (Å²) in [7, 11) is 0. The van der Waals surface area contributed by atoms with E-state index in [2.05, 4.69) is 10.6 Å². The van der Waals surface area contributed by atoms with E-state index in [9.17, 15) is 19.8 Å². The zero-order valence-corrected chi connectivity index (χ0v) is 40.0. The van der Waals surface area contributed by atoms with Crippen LogP contribution in [0.3, 0.4) is 0 Å². The van der Waals surface area contributed by atoms with Crippen LogP contribution in [0, 0.1) is 0 Å². The van der Waals surface area contributed by atoms with Crippen molar-refractivity contribution in [2.45, 2.75) is 78.2 Å². The highest BCUT2D eigenvalue weighted by molar-refractivity contribution is 5.67. The van der Waals surface area contributed by atoms with Crippen molar-refractivity contribution < 1.29 is 58.4 Å². The van der Waals surface area contributed by atoms with Gasteiger partial charge in [-0.2, -0.15) is 0 Å². The van der Waals surface area contributed by atoms with Crippen LogP contribution in [-0.4, -0.2) is 70.4 Å². The van der Waals surface area contributed by atoms with E-state index in [1.807, 2.05) is 125 Å². The third-order valence-corrected chi connectivity index (χ3v) is 10.2. The van der Waals surface area contributed by atoms with Gasteiger partial charge >= 0.3 is 12.2 Å². The molecule has 70 heavy (non-hydrogen) atoms. The zero-order valence-electron chi connectivity index (χ0n) is 40.0. The second kappa shape index (κ2) is 26.1. The van der Waals surface area contributed by atoms with Gasteiger partial charge in [-0.15, -0.1) is 0 Å². The highest BCUT2D eigenvalue weighted by Gasteiger charge is 2.32. The van der Waals surface area contributed by atoms with E-state index in [-0.39, 0.29) is 36.2 Å². The Morgan fingerprint density at radius 1 is 0.443 bits per heavy atom. The lowest BCUT2D eigenvalue weighted by Gasteiger charge is -2.16. The van der Waals surface area contributed by atoms with Gasteiger partial charge in [0.1, 0.15) is 13.2 Å². The fraction of sp³-hybridized carbons (Fsp3) is 0.296. The van der Waals surface area contributed by atoms with Crippen LogP contribution in [-0.2, 0) is 48.4 Å². The Balaban J connectivity index is 0.000000181. The molecule has 0 atom stereocenters. The van der Waals surface area contributed by atoms with Crippen LogP contribution >= 0.6 is 0 Å². The second-order valence-electron chi connectivity index (χ2n) is 17.0. The number of nitrogens with one attached hydrogen (secondary N) is 2. The first-order chi connectivity index (χ1) is 33.5.